The highest BCUT2D eigenvalue weighted by atomic mass is 16.6. The first kappa shape index (κ1) is 14.9. The third-order valence-corrected chi connectivity index (χ3v) is 1.89. The van der Waals surface area contributed by atoms with Crippen LogP contribution in [0, 0.1) is 0 Å². The highest BCUT2D eigenvalue weighted by Gasteiger charge is 2.07. The summed E-state index contributed by atoms with van der Waals surface area (Å²) in [6, 6.07) is 0. The lowest BCUT2D eigenvalue weighted by Gasteiger charge is -2.05. The summed E-state index contributed by atoms with van der Waals surface area (Å²) >= 11 is 0. The number of esters is 2. The molecular weight excluding hydrogens is 212 g/mol. The van der Waals surface area contributed by atoms with E-state index >= 15 is 0 Å². The van der Waals surface area contributed by atoms with Crippen LogP contribution >= 0.6 is 0 Å². The van der Waals surface area contributed by atoms with Gasteiger partial charge in [0.15, 0.2) is 0 Å². The first-order valence-electron chi connectivity index (χ1n) is 5.50. The molecule has 0 radical (unpaired) electrons. The van der Waals surface area contributed by atoms with Gasteiger partial charge in [-0.1, -0.05) is 13.3 Å². The van der Waals surface area contributed by atoms with Crippen LogP contribution in [0.5, 0.6) is 0 Å². The summed E-state index contributed by atoms with van der Waals surface area (Å²) in [4.78, 5) is 21.8. The Morgan fingerprint density at radius 1 is 1.00 bits per heavy atom. The molecule has 0 bridgehead atoms. The molecule has 0 aliphatic rings. The monoisotopic (exact) mass is 232 g/mol. The van der Waals surface area contributed by atoms with Crippen LogP contribution in [0.2, 0.25) is 0 Å². The van der Waals surface area contributed by atoms with E-state index < -0.39 is 11.9 Å². The third-order valence-electron chi connectivity index (χ3n) is 1.89. The van der Waals surface area contributed by atoms with Crippen molar-refractivity contribution < 1.29 is 23.8 Å². The van der Waals surface area contributed by atoms with Crippen LogP contribution in [0.1, 0.15) is 32.6 Å². The fourth-order valence-corrected chi connectivity index (χ4v) is 0.941. The van der Waals surface area contributed by atoms with Crippen LogP contribution in [0.25, 0.3) is 0 Å². The summed E-state index contributed by atoms with van der Waals surface area (Å²) in [6.45, 7) is 3.42. The van der Waals surface area contributed by atoms with Gasteiger partial charge in [0.2, 0.25) is 0 Å². The SMILES string of the molecule is CCCCOCCOC(=O)CCC(=O)OC. The molecule has 0 N–H and O–H groups in total. The molecule has 94 valence electrons. The summed E-state index contributed by atoms with van der Waals surface area (Å²) in [6.07, 6.45) is 2.21. The second-order valence-corrected chi connectivity index (χ2v) is 3.26. The van der Waals surface area contributed by atoms with E-state index in [9.17, 15) is 9.59 Å². The number of ether oxygens (including phenoxy) is 3. The summed E-state index contributed by atoms with van der Waals surface area (Å²) in [5.74, 6) is -0.805. The third kappa shape index (κ3) is 9.45. The molecule has 0 aliphatic heterocycles. The first-order valence-corrected chi connectivity index (χ1v) is 5.50. The van der Waals surface area contributed by atoms with Crippen molar-refractivity contribution in [1.82, 2.24) is 0 Å². The van der Waals surface area contributed by atoms with Crippen molar-refractivity contribution in [2.45, 2.75) is 32.6 Å². The Kier molecular flexibility index (Phi) is 9.70. The highest BCUT2D eigenvalue weighted by Crippen LogP contribution is 1.95. The summed E-state index contributed by atoms with van der Waals surface area (Å²) < 4.78 is 14.4. The molecule has 0 saturated heterocycles. The van der Waals surface area contributed by atoms with Gasteiger partial charge in [-0.15, -0.1) is 0 Å². The minimum atomic E-state index is -0.406. The predicted octanol–water partition coefficient (Wildman–Crippen LogP) is 1.30. The van der Waals surface area contributed by atoms with E-state index in [2.05, 4.69) is 11.7 Å². The van der Waals surface area contributed by atoms with Gasteiger partial charge in [-0.2, -0.15) is 0 Å². The van der Waals surface area contributed by atoms with E-state index in [0.29, 0.717) is 13.2 Å². The molecule has 0 saturated carbocycles. The van der Waals surface area contributed by atoms with Crippen LogP contribution < -0.4 is 0 Å². The lowest BCUT2D eigenvalue weighted by atomic mass is 10.3. The number of carbonyl (C=O) groups is 2. The Morgan fingerprint density at radius 2 is 1.69 bits per heavy atom. The Balaban J connectivity index is 3.27. The van der Waals surface area contributed by atoms with Gasteiger partial charge in [0.25, 0.3) is 0 Å². The molecule has 0 atom stereocenters. The van der Waals surface area contributed by atoms with Gasteiger partial charge >= 0.3 is 11.9 Å². The van der Waals surface area contributed by atoms with Crippen LogP contribution in [-0.4, -0.2) is 38.9 Å². The number of hydrogen-bond donors (Lipinski definition) is 0. The smallest absolute Gasteiger partial charge is 0.306 e. The Labute approximate surface area is 96.1 Å². The highest BCUT2D eigenvalue weighted by molar-refractivity contribution is 5.77. The lowest BCUT2D eigenvalue weighted by Crippen LogP contribution is -2.12. The molecule has 0 aromatic rings. The van der Waals surface area contributed by atoms with Gasteiger partial charge in [-0.3, -0.25) is 9.59 Å². The summed E-state index contributed by atoms with van der Waals surface area (Å²) in [7, 11) is 1.29. The van der Waals surface area contributed by atoms with E-state index in [-0.39, 0.29) is 19.4 Å². The van der Waals surface area contributed by atoms with E-state index in [0.717, 1.165) is 12.8 Å². The van der Waals surface area contributed by atoms with E-state index in [1.807, 2.05) is 0 Å². The van der Waals surface area contributed by atoms with Gasteiger partial charge in [-0.25, -0.2) is 0 Å². The standard InChI is InChI=1S/C11H20O5/c1-3-4-7-15-8-9-16-11(13)6-5-10(12)14-2/h3-9H2,1-2H3. The summed E-state index contributed by atoms with van der Waals surface area (Å²) in [5, 5.41) is 0. The Hall–Kier alpha value is -1.10. The van der Waals surface area contributed by atoms with Crippen LogP contribution in [0.3, 0.4) is 0 Å². The van der Waals surface area contributed by atoms with Crippen molar-refractivity contribution in [2.24, 2.45) is 0 Å². The second-order valence-electron chi connectivity index (χ2n) is 3.26. The van der Waals surface area contributed by atoms with Crippen molar-refractivity contribution in [3.63, 3.8) is 0 Å². The van der Waals surface area contributed by atoms with E-state index in [1.54, 1.807) is 0 Å². The van der Waals surface area contributed by atoms with Crippen molar-refractivity contribution >= 4 is 11.9 Å². The van der Waals surface area contributed by atoms with Crippen LogP contribution in [0.15, 0.2) is 0 Å². The molecule has 5 heteroatoms. The zero-order valence-electron chi connectivity index (χ0n) is 9.99. The molecule has 0 aromatic heterocycles. The van der Waals surface area contributed by atoms with Gasteiger partial charge in [0.1, 0.15) is 6.61 Å². The number of rotatable bonds is 9. The Bertz CT molecular complexity index is 203. The molecule has 0 amide bonds. The molecule has 16 heavy (non-hydrogen) atoms. The van der Waals surface area contributed by atoms with Crippen molar-refractivity contribution in [2.75, 3.05) is 26.9 Å². The normalized spacial score (nSPS) is 9.88. The zero-order chi connectivity index (χ0) is 12.2. The zero-order valence-corrected chi connectivity index (χ0v) is 9.99. The topological polar surface area (TPSA) is 61.8 Å². The number of hydrogen-bond acceptors (Lipinski definition) is 5. The fraction of sp³-hybridized carbons (Fsp3) is 0.818. The minimum absolute atomic E-state index is 0.0572. The maximum absolute atomic E-state index is 11.1. The maximum atomic E-state index is 11.1. The van der Waals surface area contributed by atoms with Crippen LogP contribution in [0.4, 0.5) is 0 Å². The number of unbranched alkanes of at least 4 members (excludes halogenated alkanes) is 1. The molecule has 0 aliphatic carbocycles. The molecule has 0 unspecified atom stereocenters. The van der Waals surface area contributed by atoms with Crippen LogP contribution in [-0.2, 0) is 23.8 Å². The first-order chi connectivity index (χ1) is 7.70. The van der Waals surface area contributed by atoms with Gasteiger partial charge in [0.05, 0.1) is 26.6 Å². The second kappa shape index (κ2) is 10.4. The van der Waals surface area contributed by atoms with E-state index in [1.165, 1.54) is 7.11 Å². The number of methoxy groups -OCH3 is 1. The quantitative estimate of drug-likeness (QED) is 0.443. The molecule has 0 heterocycles. The molecule has 5 nitrogen and oxygen atoms in total. The van der Waals surface area contributed by atoms with Gasteiger partial charge in [-0.05, 0) is 6.42 Å². The average molecular weight is 232 g/mol. The summed E-state index contributed by atoms with van der Waals surface area (Å²) in [5.41, 5.74) is 0. The number of carbonyl (C=O) groups excluding carboxylic acids is 2. The Morgan fingerprint density at radius 3 is 2.31 bits per heavy atom. The van der Waals surface area contributed by atoms with Gasteiger partial charge in [0, 0.05) is 6.61 Å². The maximum Gasteiger partial charge on any atom is 0.306 e. The van der Waals surface area contributed by atoms with Crippen molar-refractivity contribution in [3.05, 3.63) is 0 Å². The van der Waals surface area contributed by atoms with Crippen molar-refractivity contribution in [1.29, 1.82) is 0 Å². The predicted molar refractivity (Wildman–Crippen MR) is 57.9 cm³/mol. The fourth-order valence-electron chi connectivity index (χ4n) is 0.941. The lowest BCUT2D eigenvalue weighted by molar-refractivity contribution is -0.149. The minimum Gasteiger partial charge on any atom is -0.469 e. The molecule has 0 fully saturated rings. The largest absolute Gasteiger partial charge is 0.469 e. The van der Waals surface area contributed by atoms with E-state index in [4.69, 9.17) is 9.47 Å². The molecular formula is C11H20O5. The van der Waals surface area contributed by atoms with Crippen molar-refractivity contribution in [3.8, 4) is 0 Å². The average Bonchev–Trinajstić information content (AvgIpc) is 2.30. The van der Waals surface area contributed by atoms with Gasteiger partial charge < -0.3 is 14.2 Å². The molecule has 0 spiro atoms. The molecule has 0 rings (SSSR count). The molecule has 0 aromatic carbocycles.